The van der Waals surface area contributed by atoms with Crippen LogP contribution in [0.5, 0.6) is 0 Å². The van der Waals surface area contributed by atoms with Gasteiger partial charge < -0.3 is 10.1 Å². The molecule has 5 heteroatoms. The molecule has 0 aromatic heterocycles. The molecule has 116 valence electrons. The Balaban J connectivity index is 1.69. The van der Waals surface area contributed by atoms with Gasteiger partial charge in [-0.2, -0.15) is 5.26 Å². The number of piperidine rings is 1. The predicted octanol–water partition coefficient (Wildman–Crippen LogP) is 1.54. The van der Waals surface area contributed by atoms with Gasteiger partial charge in [0.15, 0.2) is 0 Å². The monoisotopic (exact) mass is 299 g/mol. The molecule has 0 aliphatic carbocycles. The fourth-order valence-electron chi connectivity index (χ4n) is 3.32. The SMILES string of the molecule is N#Cc1ccccc1C(=O)N[C@@H]1COC[C@H]1N1CCCCC1. The van der Waals surface area contributed by atoms with Gasteiger partial charge in [-0.1, -0.05) is 18.6 Å². The number of nitrogens with zero attached hydrogens (tertiary/aromatic N) is 2. The van der Waals surface area contributed by atoms with E-state index in [0.717, 1.165) is 13.1 Å². The van der Waals surface area contributed by atoms with Crippen molar-refractivity contribution in [2.45, 2.75) is 31.3 Å². The maximum Gasteiger partial charge on any atom is 0.252 e. The number of likely N-dealkylation sites (tertiary alicyclic amines) is 1. The van der Waals surface area contributed by atoms with Gasteiger partial charge in [0.2, 0.25) is 0 Å². The van der Waals surface area contributed by atoms with Crippen LogP contribution in [0, 0.1) is 11.3 Å². The lowest BCUT2D eigenvalue weighted by molar-refractivity contribution is 0.0899. The molecule has 0 radical (unpaired) electrons. The molecule has 0 spiro atoms. The average Bonchev–Trinajstić information content (AvgIpc) is 3.03. The third-order valence-electron chi connectivity index (χ3n) is 4.52. The van der Waals surface area contributed by atoms with Crippen molar-refractivity contribution in [3.05, 3.63) is 35.4 Å². The molecule has 1 amide bonds. The largest absolute Gasteiger partial charge is 0.378 e. The molecule has 2 fully saturated rings. The van der Waals surface area contributed by atoms with Crippen molar-refractivity contribution in [1.29, 1.82) is 5.26 Å². The van der Waals surface area contributed by atoms with Gasteiger partial charge >= 0.3 is 0 Å². The van der Waals surface area contributed by atoms with Gasteiger partial charge in [-0.25, -0.2) is 0 Å². The van der Waals surface area contributed by atoms with Crippen LogP contribution in [-0.2, 0) is 4.74 Å². The van der Waals surface area contributed by atoms with Crippen molar-refractivity contribution in [3.63, 3.8) is 0 Å². The molecular weight excluding hydrogens is 278 g/mol. The minimum atomic E-state index is -0.186. The Bertz CT molecular complexity index is 576. The van der Waals surface area contributed by atoms with E-state index in [1.54, 1.807) is 24.3 Å². The number of benzene rings is 1. The zero-order chi connectivity index (χ0) is 15.4. The van der Waals surface area contributed by atoms with Gasteiger partial charge in [-0.3, -0.25) is 9.69 Å². The van der Waals surface area contributed by atoms with E-state index in [0.29, 0.717) is 24.3 Å². The van der Waals surface area contributed by atoms with Crippen LogP contribution < -0.4 is 5.32 Å². The van der Waals surface area contributed by atoms with E-state index in [4.69, 9.17) is 10.00 Å². The summed E-state index contributed by atoms with van der Waals surface area (Å²) < 4.78 is 5.59. The zero-order valence-corrected chi connectivity index (χ0v) is 12.6. The van der Waals surface area contributed by atoms with Crippen molar-refractivity contribution in [3.8, 4) is 6.07 Å². The first-order valence-corrected chi connectivity index (χ1v) is 7.91. The summed E-state index contributed by atoms with van der Waals surface area (Å²) in [6.45, 7) is 3.37. The molecular formula is C17H21N3O2. The number of nitrogens with one attached hydrogen (secondary N) is 1. The quantitative estimate of drug-likeness (QED) is 0.919. The maximum absolute atomic E-state index is 12.5. The van der Waals surface area contributed by atoms with Gasteiger partial charge in [-0.15, -0.1) is 0 Å². The fraction of sp³-hybridized carbons (Fsp3) is 0.529. The Morgan fingerprint density at radius 2 is 2.00 bits per heavy atom. The molecule has 1 N–H and O–H groups in total. The second-order valence-corrected chi connectivity index (χ2v) is 5.94. The lowest BCUT2D eigenvalue weighted by Gasteiger charge is -2.34. The molecule has 2 saturated heterocycles. The number of carbonyl (C=O) groups is 1. The summed E-state index contributed by atoms with van der Waals surface area (Å²) in [4.78, 5) is 14.9. The highest BCUT2D eigenvalue weighted by atomic mass is 16.5. The number of carbonyl (C=O) groups excluding carboxylic acids is 1. The van der Waals surface area contributed by atoms with Crippen LogP contribution in [0.25, 0.3) is 0 Å². The minimum Gasteiger partial charge on any atom is -0.378 e. The third kappa shape index (κ3) is 3.13. The molecule has 0 bridgehead atoms. The maximum atomic E-state index is 12.5. The Hall–Kier alpha value is -1.90. The van der Waals surface area contributed by atoms with E-state index in [1.165, 1.54) is 19.3 Å². The Morgan fingerprint density at radius 1 is 1.23 bits per heavy atom. The second kappa shape index (κ2) is 6.91. The summed E-state index contributed by atoms with van der Waals surface area (Å²) in [6, 6.07) is 9.23. The van der Waals surface area contributed by atoms with E-state index < -0.39 is 0 Å². The highest BCUT2D eigenvalue weighted by Gasteiger charge is 2.34. The summed E-state index contributed by atoms with van der Waals surface area (Å²) in [5.41, 5.74) is 0.850. The fourth-order valence-corrected chi connectivity index (χ4v) is 3.32. The number of ether oxygens (including phenoxy) is 1. The molecule has 0 saturated carbocycles. The van der Waals surface area contributed by atoms with Crippen LogP contribution in [0.1, 0.15) is 35.2 Å². The molecule has 2 atom stereocenters. The summed E-state index contributed by atoms with van der Waals surface area (Å²) in [7, 11) is 0. The third-order valence-corrected chi connectivity index (χ3v) is 4.52. The smallest absolute Gasteiger partial charge is 0.252 e. The van der Waals surface area contributed by atoms with Gasteiger partial charge in [0.25, 0.3) is 5.91 Å². The highest BCUT2D eigenvalue weighted by molar-refractivity contribution is 5.96. The van der Waals surface area contributed by atoms with Gasteiger partial charge in [0, 0.05) is 0 Å². The number of nitriles is 1. The second-order valence-electron chi connectivity index (χ2n) is 5.94. The standard InChI is InChI=1S/C17H21N3O2/c18-10-13-6-2-3-7-14(13)17(21)19-15-11-22-12-16(15)20-8-4-1-5-9-20/h2-3,6-7,15-16H,1,4-5,8-9,11-12H2,(H,19,21)/t15-,16-/m1/s1. The van der Waals surface area contributed by atoms with E-state index in [-0.39, 0.29) is 18.0 Å². The molecule has 22 heavy (non-hydrogen) atoms. The van der Waals surface area contributed by atoms with E-state index in [2.05, 4.69) is 16.3 Å². The number of hydrogen-bond acceptors (Lipinski definition) is 4. The molecule has 2 aliphatic rings. The lowest BCUT2D eigenvalue weighted by atomic mass is 10.0. The molecule has 5 nitrogen and oxygen atoms in total. The molecule has 1 aromatic rings. The van der Waals surface area contributed by atoms with Crippen LogP contribution in [0.4, 0.5) is 0 Å². The molecule has 0 unspecified atom stereocenters. The number of rotatable bonds is 3. The topological polar surface area (TPSA) is 65.4 Å². The minimum absolute atomic E-state index is 0.00245. The Labute approximate surface area is 130 Å². The van der Waals surface area contributed by atoms with Crippen molar-refractivity contribution < 1.29 is 9.53 Å². The number of amides is 1. The van der Waals surface area contributed by atoms with Crippen LogP contribution in [-0.4, -0.2) is 49.2 Å². The van der Waals surface area contributed by atoms with Crippen LogP contribution in [0.15, 0.2) is 24.3 Å². The predicted molar refractivity (Wildman–Crippen MR) is 82.4 cm³/mol. The molecule has 2 heterocycles. The Kier molecular flexibility index (Phi) is 4.71. The van der Waals surface area contributed by atoms with Crippen molar-refractivity contribution in [2.24, 2.45) is 0 Å². The average molecular weight is 299 g/mol. The first-order chi connectivity index (χ1) is 10.8. The van der Waals surface area contributed by atoms with Crippen molar-refractivity contribution >= 4 is 5.91 Å². The summed E-state index contributed by atoms with van der Waals surface area (Å²) in [5, 5.41) is 12.2. The summed E-state index contributed by atoms with van der Waals surface area (Å²) >= 11 is 0. The Morgan fingerprint density at radius 3 is 2.77 bits per heavy atom. The first-order valence-electron chi connectivity index (χ1n) is 7.91. The lowest BCUT2D eigenvalue weighted by Crippen LogP contribution is -2.52. The normalized spacial score (nSPS) is 25.6. The van der Waals surface area contributed by atoms with E-state index in [9.17, 15) is 4.79 Å². The van der Waals surface area contributed by atoms with E-state index >= 15 is 0 Å². The zero-order valence-electron chi connectivity index (χ0n) is 12.6. The van der Waals surface area contributed by atoms with Crippen LogP contribution in [0.2, 0.25) is 0 Å². The molecule has 2 aliphatic heterocycles. The first kappa shape index (κ1) is 15.0. The highest BCUT2D eigenvalue weighted by Crippen LogP contribution is 2.19. The van der Waals surface area contributed by atoms with Crippen molar-refractivity contribution in [2.75, 3.05) is 26.3 Å². The molecule has 3 rings (SSSR count). The van der Waals surface area contributed by atoms with Crippen LogP contribution in [0.3, 0.4) is 0 Å². The number of hydrogen-bond donors (Lipinski definition) is 1. The van der Waals surface area contributed by atoms with Crippen molar-refractivity contribution in [1.82, 2.24) is 10.2 Å². The van der Waals surface area contributed by atoms with Crippen LogP contribution >= 0.6 is 0 Å². The van der Waals surface area contributed by atoms with Gasteiger partial charge in [0.05, 0.1) is 42.5 Å². The summed E-state index contributed by atoms with van der Waals surface area (Å²) in [6.07, 6.45) is 3.72. The summed E-state index contributed by atoms with van der Waals surface area (Å²) in [5.74, 6) is -0.186. The van der Waals surface area contributed by atoms with Gasteiger partial charge in [0.1, 0.15) is 0 Å². The molecule has 1 aromatic carbocycles. The van der Waals surface area contributed by atoms with E-state index in [1.807, 2.05) is 0 Å². The van der Waals surface area contributed by atoms with Gasteiger partial charge in [-0.05, 0) is 38.1 Å².